The molecule has 0 amide bonds. The number of aliphatic hydroxyl groups is 2. The van der Waals surface area contributed by atoms with Gasteiger partial charge in [0.05, 0.1) is 18.5 Å². The van der Waals surface area contributed by atoms with Gasteiger partial charge in [-0.2, -0.15) is 0 Å². The summed E-state index contributed by atoms with van der Waals surface area (Å²) in [6, 6.07) is 3.12. The Morgan fingerprint density at radius 1 is 1.62 bits per heavy atom. The van der Waals surface area contributed by atoms with Gasteiger partial charge < -0.3 is 14.6 Å². The van der Waals surface area contributed by atoms with Gasteiger partial charge in [0.15, 0.2) is 5.76 Å². The number of ketones is 1. The number of carbonyl (C=O) groups excluding carboxylic acids is 1. The molecule has 4 heteroatoms. The molecule has 1 rings (SSSR count). The molecule has 4 nitrogen and oxygen atoms in total. The van der Waals surface area contributed by atoms with E-state index in [1.54, 1.807) is 6.07 Å². The molecule has 0 fully saturated rings. The van der Waals surface area contributed by atoms with Gasteiger partial charge in [-0.05, 0) is 19.1 Å². The van der Waals surface area contributed by atoms with Crippen LogP contribution in [0.5, 0.6) is 0 Å². The zero-order valence-electron chi connectivity index (χ0n) is 7.30. The molecule has 2 unspecified atom stereocenters. The summed E-state index contributed by atoms with van der Waals surface area (Å²) in [5.74, 6) is -0.0990. The highest BCUT2D eigenvalue weighted by Gasteiger charge is 2.18. The molecule has 0 aliphatic rings. The van der Waals surface area contributed by atoms with E-state index in [9.17, 15) is 9.90 Å². The first kappa shape index (κ1) is 9.95. The van der Waals surface area contributed by atoms with Crippen LogP contribution in [-0.4, -0.2) is 28.2 Å². The van der Waals surface area contributed by atoms with Crippen LogP contribution in [0.4, 0.5) is 0 Å². The fourth-order valence-electron chi connectivity index (χ4n) is 0.898. The number of rotatable bonds is 4. The molecular formula is C9H12O4. The van der Waals surface area contributed by atoms with Crippen molar-refractivity contribution in [1.82, 2.24) is 0 Å². The predicted octanol–water partition coefficient (Wildman–Crippen LogP) is 0.594. The summed E-state index contributed by atoms with van der Waals surface area (Å²) in [7, 11) is 0. The van der Waals surface area contributed by atoms with Crippen molar-refractivity contribution in [1.29, 1.82) is 0 Å². The standard InChI is InChI=1S/C9H12O4/c1-6(10)7(11)5-8(12)9-3-2-4-13-9/h2-4,6-7,10-11H,5H2,1H3. The van der Waals surface area contributed by atoms with Gasteiger partial charge in [0.1, 0.15) is 0 Å². The normalized spacial score (nSPS) is 15.3. The molecule has 0 aromatic carbocycles. The Bertz CT molecular complexity index is 263. The van der Waals surface area contributed by atoms with Crippen molar-refractivity contribution < 1.29 is 19.4 Å². The second kappa shape index (κ2) is 4.20. The SMILES string of the molecule is CC(O)C(O)CC(=O)c1ccco1. The summed E-state index contributed by atoms with van der Waals surface area (Å²) in [6.45, 7) is 1.43. The lowest BCUT2D eigenvalue weighted by molar-refractivity contribution is 0.0254. The van der Waals surface area contributed by atoms with Crippen molar-refractivity contribution in [3.63, 3.8) is 0 Å². The van der Waals surface area contributed by atoms with Crippen molar-refractivity contribution in [2.24, 2.45) is 0 Å². The van der Waals surface area contributed by atoms with Crippen LogP contribution < -0.4 is 0 Å². The molecule has 2 atom stereocenters. The van der Waals surface area contributed by atoms with Gasteiger partial charge in [-0.25, -0.2) is 0 Å². The van der Waals surface area contributed by atoms with Crippen LogP contribution in [0.25, 0.3) is 0 Å². The maximum atomic E-state index is 11.3. The van der Waals surface area contributed by atoms with E-state index >= 15 is 0 Å². The van der Waals surface area contributed by atoms with Crippen LogP contribution in [-0.2, 0) is 0 Å². The maximum absolute atomic E-state index is 11.3. The number of furan rings is 1. The zero-order valence-corrected chi connectivity index (χ0v) is 7.30. The molecule has 0 saturated carbocycles. The van der Waals surface area contributed by atoms with Crippen molar-refractivity contribution in [3.8, 4) is 0 Å². The third kappa shape index (κ3) is 2.68. The minimum Gasteiger partial charge on any atom is -0.461 e. The van der Waals surface area contributed by atoms with Crippen LogP contribution in [0.2, 0.25) is 0 Å². The molecule has 0 aliphatic heterocycles. The van der Waals surface area contributed by atoms with E-state index in [0.29, 0.717) is 0 Å². The lowest BCUT2D eigenvalue weighted by atomic mass is 10.1. The highest BCUT2D eigenvalue weighted by Crippen LogP contribution is 2.08. The number of carbonyl (C=O) groups is 1. The first-order valence-electron chi connectivity index (χ1n) is 4.04. The minimum absolute atomic E-state index is 0.120. The second-order valence-corrected chi connectivity index (χ2v) is 2.91. The average Bonchev–Trinajstić information content (AvgIpc) is 2.55. The van der Waals surface area contributed by atoms with Crippen molar-refractivity contribution >= 4 is 5.78 Å². The Morgan fingerprint density at radius 2 is 2.31 bits per heavy atom. The van der Waals surface area contributed by atoms with E-state index < -0.39 is 12.2 Å². The lowest BCUT2D eigenvalue weighted by Gasteiger charge is -2.10. The average molecular weight is 184 g/mol. The third-order valence-corrected chi connectivity index (χ3v) is 1.75. The number of aliphatic hydroxyl groups excluding tert-OH is 2. The summed E-state index contributed by atoms with van der Waals surface area (Å²) in [5.41, 5.74) is 0. The molecule has 1 aromatic rings. The number of Topliss-reactive ketones (excluding diaryl/α,β-unsaturated/α-hetero) is 1. The predicted molar refractivity (Wildman–Crippen MR) is 45.3 cm³/mol. The quantitative estimate of drug-likeness (QED) is 0.672. The maximum Gasteiger partial charge on any atom is 0.200 e. The topological polar surface area (TPSA) is 70.7 Å². The van der Waals surface area contributed by atoms with Gasteiger partial charge in [0, 0.05) is 6.42 Å². The molecule has 13 heavy (non-hydrogen) atoms. The monoisotopic (exact) mass is 184 g/mol. The minimum atomic E-state index is -1.03. The first-order valence-corrected chi connectivity index (χ1v) is 4.04. The number of hydrogen-bond donors (Lipinski definition) is 2. The summed E-state index contributed by atoms with van der Waals surface area (Å²) < 4.78 is 4.83. The van der Waals surface area contributed by atoms with Crippen LogP contribution in [0, 0.1) is 0 Å². The Labute approximate surface area is 75.8 Å². The van der Waals surface area contributed by atoms with Gasteiger partial charge >= 0.3 is 0 Å². The Kier molecular flexibility index (Phi) is 3.22. The van der Waals surface area contributed by atoms with Crippen LogP contribution in [0.3, 0.4) is 0 Å². The Balaban J connectivity index is 2.52. The lowest BCUT2D eigenvalue weighted by Crippen LogP contribution is -2.25. The Hall–Kier alpha value is -1.13. The molecule has 1 heterocycles. The van der Waals surface area contributed by atoms with Gasteiger partial charge in [0.25, 0.3) is 0 Å². The molecule has 0 radical (unpaired) electrons. The van der Waals surface area contributed by atoms with Gasteiger partial charge in [0.2, 0.25) is 5.78 Å². The summed E-state index contributed by atoms with van der Waals surface area (Å²) in [5, 5.41) is 18.1. The highest BCUT2D eigenvalue weighted by atomic mass is 16.3. The highest BCUT2D eigenvalue weighted by molar-refractivity contribution is 5.93. The largest absolute Gasteiger partial charge is 0.461 e. The third-order valence-electron chi connectivity index (χ3n) is 1.75. The summed E-state index contributed by atoms with van der Waals surface area (Å²) in [4.78, 5) is 11.3. The number of hydrogen-bond acceptors (Lipinski definition) is 4. The van der Waals surface area contributed by atoms with Crippen molar-refractivity contribution in [2.45, 2.75) is 25.6 Å². The van der Waals surface area contributed by atoms with Crippen LogP contribution in [0.15, 0.2) is 22.8 Å². The van der Waals surface area contributed by atoms with Gasteiger partial charge in [-0.15, -0.1) is 0 Å². The molecule has 0 spiro atoms. The van der Waals surface area contributed by atoms with E-state index in [0.717, 1.165) is 0 Å². The fraction of sp³-hybridized carbons (Fsp3) is 0.444. The smallest absolute Gasteiger partial charge is 0.200 e. The molecule has 0 saturated heterocycles. The molecule has 2 N–H and O–H groups in total. The van der Waals surface area contributed by atoms with Crippen molar-refractivity contribution in [2.75, 3.05) is 0 Å². The first-order chi connectivity index (χ1) is 6.11. The van der Waals surface area contributed by atoms with E-state index in [-0.39, 0.29) is 18.0 Å². The molecule has 0 bridgehead atoms. The van der Waals surface area contributed by atoms with Gasteiger partial charge in [-0.3, -0.25) is 4.79 Å². The van der Waals surface area contributed by atoms with Crippen LogP contribution >= 0.6 is 0 Å². The molecule has 72 valence electrons. The summed E-state index contributed by atoms with van der Waals surface area (Å²) >= 11 is 0. The van der Waals surface area contributed by atoms with E-state index in [4.69, 9.17) is 9.52 Å². The molecular weight excluding hydrogens is 172 g/mol. The van der Waals surface area contributed by atoms with Crippen LogP contribution in [0.1, 0.15) is 23.9 Å². The van der Waals surface area contributed by atoms with E-state index in [1.807, 2.05) is 0 Å². The van der Waals surface area contributed by atoms with E-state index in [2.05, 4.69) is 0 Å². The molecule has 0 aliphatic carbocycles. The summed E-state index contributed by atoms with van der Waals surface area (Å²) in [6.07, 6.45) is -0.663. The second-order valence-electron chi connectivity index (χ2n) is 2.91. The Morgan fingerprint density at radius 3 is 2.77 bits per heavy atom. The van der Waals surface area contributed by atoms with E-state index in [1.165, 1.54) is 19.3 Å². The fourth-order valence-corrected chi connectivity index (χ4v) is 0.898. The van der Waals surface area contributed by atoms with Gasteiger partial charge in [-0.1, -0.05) is 0 Å². The molecule has 1 aromatic heterocycles. The zero-order chi connectivity index (χ0) is 9.84. The van der Waals surface area contributed by atoms with Crippen molar-refractivity contribution in [3.05, 3.63) is 24.2 Å².